The van der Waals surface area contributed by atoms with E-state index in [9.17, 15) is 14.7 Å². The van der Waals surface area contributed by atoms with E-state index in [-0.39, 0.29) is 23.7 Å². The predicted octanol–water partition coefficient (Wildman–Crippen LogP) is 3.70. The van der Waals surface area contributed by atoms with Crippen LogP contribution < -0.4 is 10.6 Å². The van der Waals surface area contributed by atoms with Crippen LogP contribution in [0.1, 0.15) is 18.1 Å². The van der Waals surface area contributed by atoms with E-state index in [1.165, 1.54) is 13.2 Å². The van der Waals surface area contributed by atoms with E-state index >= 15 is 0 Å². The quantitative estimate of drug-likeness (QED) is 0.571. The molecule has 0 heterocycles. The van der Waals surface area contributed by atoms with Crippen molar-refractivity contribution in [3.8, 4) is 5.75 Å². The Morgan fingerprint density at radius 3 is 2.40 bits per heavy atom. The fourth-order valence-corrected chi connectivity index (χ4v) is 2.43. The van der Waals surface area contributed by atoms with Gasteiger partial charge in [-0.25, -0.2) is 4.79 Å². The summed E-state index contributed by atoms with van der Waals surface area (Å²) in [6, 6.07) is 11.6. The number of ether oxygens (including phenoxy) is 1. The number of phenols is 1. The molecule has 0 unspecified atom stereocenters. The lowest BCUT2D eigenvalue weighted by Crippen LogP contribution is -2.20. The zero-order valence-corrected chi connectivity index (χ0v) is 14.5. The molecule has 132 valence electrons. The summed E-state index contributed by atoms with van der Waals surface area (Å²) in [6.45, 7) is 3.61. The van der Waals surface area contributed by atoms with Gasteiger partial charge in [-0.15, -0.1) is 0 Å². The van der Waals surface area contributed by atoms with E-state index in [4.69, 9.17) is 4.74 Å². The van der Waals surface area contributed by atoms with Crippen LogP contribution in [0.4, 0.5) is 16.2 Å². The Hall–Kier alpha value is -3.02. The molecule has 0 radical (unpaired) electrons. The van der Waals surface area contributed by atoms with Gasteiger partial charge in [0.15, 0.2) is 0 Å². The van der Waals surface area contributed by atoms with Gasteiger partial charge < -0.3 is 20.5 Å². The van der Waals surface area contributed by atoms with Crippen molar-refractivity contribution in [3.05, 3.63) is 53.6 Å². The largest absolute Gasteiger partial charge is 0.508 e. The number of carbonyl (C=O) groups excluding carboxylic acids is 2. The van der Waals surface area contributed by atoms with E-state index in [1.807, 2.05) is 19.1 Å². The predicted molar refractivity (Wildman–Crippen MR) is 96.8 cm³/mol. The van der Waals surface area contributed by atoms with Gasteiger partial charge in [0, 0.05) is 11.4 Å². The van der Waals surface area contributed by atoms with Crippen LogP contribution in [0.2, 0.25) is 0 Å². The number of aryl methyl sites for hydroxylation is 1. The van der Waals surface area contributed by atoms with Crippen LogP contribution in [-0.4, -0.2) is 24.2 Å². The molecule has 6 heteroatoms. The van der Waals surface area contributed by atoms with E-state index in [1.54, 1.807) is 31.2 Å². The van der Waals surface area contributed by atoms with E-state index < -0.39 is 0 Å². The molecule has 1 atom stereocenters. The van der Waals surface area contributed by atoms with Crippen molar-refractivity contribution in [2.75, 3.05) is 17.7 Å². The van der Waals surface area contributed by atoms with E-state index in [0.717, 1.165) is 11.1 Å². The maximum atomic E-state index is 12.1. The highest BCUT2D eigenvalue weighted by molar-refractivity contribution is 6.00. The molecule has 0 fully saturated rings. The fraction of sp³-hybridized carbons (Fsp3) is 0.263. The topological polar surface area (TPSA) is 87.7 Å². The number of aromatic hydroxyl groups is 1. The van der Waals surface area contributed by atoms with E-state index in [0.29, 0.717) is 17.8 Å². The van der Waals surface area contributed by atoms with Crippen molar-refractivity contribution in [3.63, 3.8) is 0 Å². The molecule has 3 N–H and O–H groups in total. The highest BCUT2D eigenvalue weighted by Crippen LogP contribution is 2.20. The molecule has 0 aliphatic carbocycles. The third kappa shape index (κ3) is 5.24. The minimum atomic E-state index is -0.371. The molecule has 6 nitrogen and oxygen atoms in total. The highest BCUT2D eigenvalue weighted by Gasteiger charge is 2.13. The normalized spacial score (nSPS) is 11.5. The van der Waals surface area contributed by atoms with Gasteiger partial charge in [-0.3, -0.25) is 4.79 Å². The van der Waals surface area contributed by atoms with Gasteiger partial charge in [-0.1, -0.05) is 19.1 Å². The smallest absolute Gasteiger partial charge is 0.323 e. The Labute approximate surface area is 146 Å². The van der Waals surface area contributed by atoms with Crippen LogP contribution in [-0.2, 0) is 16.0 Å². The monoisotopic (exact) mass is 342 g/mol. The molecule has 0 spiro atoms. The van der Waals surface area contributed by atoms with Gasteiger partial charge in [-0.2, -0.15) is 0 Å². The van der Waals surface area contributed by atoms with Crippen molar-refractivity contribution >= 4 is 23.4 Å². The maximum Gasteiger partial charge on any atom is 0.323 e. The third-order valence-electron chi connectivity index (χ3n) is 3.82. The number of esters is 1. The van der Waals surface area contributed by atoms with Gasteiger partial charge in [0.05, 0.1) is 13.0 Å². The Morgan fingerprint density at radius 2 is 1.80 bits per heavy atom. The van der Waals surface area contributed by atoms with Gasteiger partial charge >= 0.3 is 12.0 Å². The standard InChI is InChI=1S/C19H22N2O4/c1-12-11-16(22)8-9-17(12)21-19(24)20-15-6-4-14(5-7-15)10-13(2)18(23)25-3/h4-9,11,13,22H,10H2,1-3H3,(H2,20,21,24)/t13-/m1/s1. The fourth-order valence-electron chi connectivity index (χ4n) is 2.43. The van der Waals surface area contributed by atoms with Gasteiger partial charge in [-0.05, 0) is 54.8 Å². The Kier molecular flexibility index (Phi) is 6.00. The first-order valence-electron chi connectivity index (χ1n) is 7.93. The highest BCUT2D eigenvalue weighted by atomic mass is 16.5. The number of phenolic OH excluding ortho intramolecular Hbond substituents is 1. The minimum absolute atomic E-state index is 0.153. The molecule has 0 saturated heterocycles. The molecule has 0 bridgehead atoms. The first-order valence-corrected chi connectivity index (χ1v) is 7.93. The number of hydrogen-bond donors (Lipinski definition) is 3. The van der Waals surface area contributed by atoms with Gasteiger partial charge in [0.25, 0.3) is 0 Å². The number of urea groups is 1. The van der Waals surface area contributed by atoms with Gasteiger partial charge in [0.1, 0.15) is 5.75 Å². The van der Waals surface area contributed by atoms with Crippen LogP contribution in [0.15, 0.2) is 42.5 Å². The second-order valence-corrected chi connectivity index (χ2v) is 5.90. The zero-order chi connectivity index (χ0) is 18.4. The molecule has 0 aliphatic heterocycles. The molecule has 2 aromatic rings. The van der Waals surface area contributed by atoms with Crippen LogP contribution in [0.3, 0.4) is 0 Å². The number of methoxy groups -OCH3 is 1. The van der Waals surface area contributed by atoms with Crippen LogP contribution in [0.5, 0.6) is 5.75 Å². The van der Waals surface area contributed by atoms with Crippen molar-refractivity contribution in [1.29, 1.82) is 0 Å². The lowest BCUT2D eigenvalue weighted by atomic mass is 10.0. The average Bonchev–Trinajstić information content (AvgIpc) is 2.58. The maximum absolute atomic E-state index is 12.1. The van der Waals surface area contributed by atoms with Crippen molar-refractivity contribution in [2.45, 2.75) is 20.3 Å². The lowest BCUT2D eigenvalue weighted by Gasteiger charge is -2.12. The molecule has 2 amide bonds. The van der Waals surface area contributed by atoms with Crippen LogP contribution >= 0.6 is 0 Å². The lowest BCUT2D eigenvalue weighted by molar-refractivity contribution is -0.144. The van der Waals surface area contributed by atoms with Crippen molar-refractivity contribution in [1.82, 2.24) is 0 Å². The number of carbonyl (C=O) groups is 2. The number of benzene rings is 2. The number of anilines is 2. The first-order chi connectivity index (χ1) is 11.9. The molecular weight excluding hydrogens is 320 g/mol. The molecule has 0 saturated carbocycles. The third-order valence-corrected chi connectivity index (χ3v) is 3.82. The minimum Gasteiger partial charge on any atom is -0.508 e. The summed E-state index contributed by atoms with van der Waals surface area (Å²) in [5.41, 5.74) is 3.02. The first kappa shape index (κ1) is 18.3. The van der Waals surface area contributed by atoms with Crippen molar-refractivity contribution in [2.24, 2.45) is 5.92 Å². The summed E-state index contributed by atoms with van der Waals surface area (Å²) in [5.74, 6) is -0.310. The summed E-state index contributed by atoms with van der Waals surface area (Å²) >= 11 is 0. The second kappa shape index (κ2) is 8.19. The SMILES string of the molecule is COC(=O)[C@H](C)Cc1ccc(NC(=O)Nc2ccc(O)cc2C)cc1. The summed E-state index contributed by atoms with van der Waals surface area (Å²) in [5, 5.41) is 14.9. The molecule has 0 aliphatic rings. The summed E-state index contributed by atoms with van der Waals surface area (Å²) in [7, 11) is 1.38. The van der Waals surface area contributed by atoms with Gasteiger partial charge in [0.2, 0.25) is 0 Å². The Morgan fingerprint density at radius 1 is 1.12 bits per heavy atom. The average molecular weight is 342 g/mol. The zero-order valence-electron chi connectivity index (χ0n) is 14.5. The summed E-state index contributed by atoms with van der Waals surface area (Å²) in [4.78, 5) is 23.5. The van der Waals surface area contributed by atoms with E-state index in [2.05, 4.69) is 10.6 Å². The number of nitrogens with one attached hydrogen (secondary N) is 2. The Bertz CT molecular complexity index is 757. The van der Waals surface area contributed by atoms with Crippen molar-refractivity contribution < 1.29 is 19.4 Å². The molecular formula is C19H22N2O4. The summed E-state index contributed by atoms with van der Waals surface area (Å²) < 4.78 is 4.71. The second-order valence-electron chi connectivity index (χ2n) is 5.90. The number of rotatable bonds is 5. The molecule has 25 heavy (non-hydrogen) atoms. The number of amides is 2. The Balaban J connectivity index is 1.94. The summed E-state index contributed by atoms with van der Waals surface area (Å²) in [6.07, 6.45) is 0.575. The van der Waals surface area contributed by atoms with Crippen LogP contribution in [0.25, 0.3) is 0 Å². The van der Waals surface area contributed by atoms with Crippen LogP contribution in [0, 0.1) is 12.8 Å². The molecule has 2 aromatic carbocycles. The molecule has 2 rings (SSSR count). The molecule has 0 aromatic heterocycles. The number of hydrogen-bond acceptors (Lipinski definition) is 4.